The molecule has 17 heavy (non-hydrogen) atoms. The van der Waals surface area contributed by atoms with Crippen LogP contribution in [0.4, 0.5) is 5.82 Å². The molecule has 2 N–H and O–H groups in total. The van der Waals surface area contributed by atoms with E-state index in [1.54, 1.807) is 6.07 Å². The van der Waals surface area contributed by atoms with Crippen LogP contribution in [-0.4, -0.2) is 29.1 Å². The molecule has 2 rings (SSSR count). The van der Waals surface area contributed by atoms with Gasteiger partial charge in [-0.2, -0.15) is 0 Å². The Balaban J connectivity index is 2.33. The van der Waals surface area contributed by atoms with E-state index in [2.05, 4.69) is 10.3 Å². The number of hydrogen-bond acceptors (Lipinski definition) is 4. The first kappa shape index (κ1) is 11.5. The Hall–Kier alpha value is -1.95. The van der Waals surface area contributed by atoms with Crippen molar-refractivity contribution in [1.82, 2.24) is 4.98 Å². The Morgan fingerprint density at radius 3 is 3.00 bits per heavy atom. The lowest BCUT2D eigenvalue weighted by Crippen LogP contribution is -2.10. The summed E-state index contributed by atoms with van der Waals surface area (Å²) in [4.78, 5) is 25.4. The minimum atomic E-state index is -1.12. The summed E-state index contributed by atoms with van der Waals surface area (Å²) < 4.78 is 5.45. The highest BCUT2D eigenvalue weighted by Crippen LogP contribution is 2.28. The van der Waals surface area contributed by atoms with Gasteiger partial charge in [-0.1, -0.05) is 0 Å². The van der Waals surface area contributed by atoms with E-state index < -0.39 is 5.97 Å². The summed E-state index contributed by atoms with van der Waals surface area (Å²) in [5.41, 5.74) is 0.621. The highest BCUT2D eigenvalue weighted by molar-refractivity contribution is 5.95. The molecule has 1 aromatic rings. The van der Waals surface area contributed by atoms with Gasteiger partial charge in [-0.15, -0.1) is 0 Å². The molecule has 90 valence electrons. The lowest BCUT2D eigenvalue weighted by molar-refractivity contribution is -0.105. The zero-order chi connectivity index (χ0) is 12.3. The lowest BCUT2D eigenvalue weighted by atomic mass is 10.1. The zero-order valence-electron chi connectivity index (χ0n) is 9.05. The fourth-order valence-electron chi connectivity index (χ4n) is 1.80. The van der Waals surface area contributed by atoms with Gasteiger partial charge in [0.1, 0.15) is 11.4 Å². The fraction of sp³-hybridized carbons (Fsp3) is 0.364. The zero-order valence-corrected chi connectivity index (χ0v) is 9.05. The normalized spacial score (nSPS) is 18.9. The van der Waals surface area contributed by atoms with Crippen LogP contribution in [0.15, 0.2) is 12.1 Å². The van der Waals surface area contributed by atoms with Crippen LogP contribution in [0.3, 0.4) is 0 Å². The number of rotatable bonds is 4. The Kier molecular flexibility index (Phi) is 3.34. The fourth-order valence-corrected chi connectivity index (χ4v) is 1.80. The molecule has 1 atom stereocenters. The summed E-state index contributed by atoms with van der Waals surface area (Å²) in [5.74, 6) is -1.07. The maximum absolute atomic E-state index is 10.9. The molecule has 0 bridgehead atoms. The molecule has 1 aromatic heterocycles. The third-order valence-corrected chi connectivity index (χ3v) is 2.60. The Bertz CT molecular complexity index is 441. The monoisotopic (exact) mass is 236 g/mol. The average molecular weight is 236 g/mol. The van der Waals surface area contributed by atoms with E-state index in [1.165, 1.54) is 6.07 Å². The molecule has 6 nitrogen and oxygen atoms in total. The van der Waals surface area contributed by atoms with Gasteiger partial charge in [-0.05, 0) is 25.0 Å². The van der Waals surface area contributed by atoms with Crippen LogP contribution in [-0.2, 0) is 9.53 Å². The van der Waals surface area contributed by atoms with Crippen molar-refractivity contribution in [3.63, 3.8) is 0 Å². The number of carboxylic acids is 1. The SMILES string of the molecule is O=CNc1nc(C2CCCO2)ccc1C(=O)O. The topological polar surface area (TPSA) is 88.5 Å². The van der Waals surface area contributed by atoms with Gasteiger partial charge in [0.2, 0.25) is 6.41 Å². The second-order valence-corrected chi connectivity index (χ2v) is 3.70. The predicted molar refractivity (Wildman–Crippen MR) is 58.8 cm³/mol. The number of hydrogen-bond donors (Lipinski definition) is 2. The third-order valence-electron chi connectivity index (χ3n) is 2.60. The van der Waals surface area contributed by atoms with Gasteiger partial charge in [0.25, 0.3) is 0 Å². The number of amides is 1. The van der Waals surface area contributed by atoms with Crippen molar-refractivity contribution in [2.75, 3.05) is 11.9 Å². The lowest BCUT2D eigenvalue weighted by Gasteiger charge is -2.11. The van der Waals surface area contributed by atoms with E-state index >= 15 is 0 Å². The molecule has 6 heteroatoms. The van der Waals surface area contributed by atoms with Gasteiger partial charge in [0, 0.05) is 6.61 Å². The number of carbonyl (C=O) groups is 2. The van der Waals surface area contributed by atoms with Gasteiger partial charge in [-0.25, -0.2) is 9.78 Å². The second-order valence-electron chi connectivity index (χ2n) is 3.70. The van der Waals surface area contributed by atoms with Crippen LogP contribution < -0.4 is 5.32 Å². The van der Waals surface area contributed by atoms with Gasteiger partial charge < -0.3 is 15.2 Å². The molecule has 1 fully saturated rings. The molecule has 0 saturated carbocycles. The summed E-state index contributed by atoms with van der Waals surface area (Å²) in [5, 5.41) is 11.2. The first-order chi connectivity index (χ1) is 8.22. The quantitative estimate of drug-likeness (QED) is 0.767. The number of anilines is 1. The van der Waals surface area contributed by atoms with Crippen LogP contribution in [0, 0.1) is 0 Å². The smallest absolute Gasteiger partial charge is 0.339 e. The number of nitrogens with zero attached hydrogens (tertiary/aromatic N) is 1. The number of nitrogens with one attached hydrogen (secondary N) is 1. The maximum Gasteiger partial charge on any atom is 0.339 e. The third kappa shape index (κ3) is 2.42. The Labute approximate surface area is 97.6 Å². The number of ether oxygens (including phenoxy) is 1. The van der Waals surface area contributed by atoms with Crippen molar-refractivity contribution in [2.45, 2.75) is 18.9 Å². The molecular weight excluding hydrogens is 224 g/mol. The largest absolute Gasteiger partial charge is 0.478 e. The van der Waals surface area contributed by atoms with Crippen molar-refractivity contribution in [1.29, 1.82) is 0 Å². The highest BCUT2D eigenvalue weighted by Gasteiger charge is 2.21. The second kappa shape index (κ2) is 4.92. The Morgan fingerprint density at radius 1 is 1.59 bits per heavy atom. The average Bonchev–Trinajstić information content (AvgIpc) is 2.82. The van der Waals surface area contributed by atoms with Gasteiger partial charge in [0.15, 0.2) is 0 Å². The van der Waals surface area contributed by atoms with Crippen molar-refractivity contribution < 1.29 is 19.4 Å². The molecule has 1 aliphatic rings. The predicted octanol–water partition coefficient (Wildman–Crippen LogP) is 1.20. The van der Waals surface area contributed by atoms with Crippen LogP contribution in [0.1, 0.15) is 35.0 Å². The van der Waals surface area contributed by atoms with Gasteiger partial charge in [0.05, 0.1) is 11.8 Å². The summed E-state index contributed by atoms with van der Waals surface area (Å²) in [6, 6.07) is 3.05. The summed E-state index contributed by atoms with van der Waals surface area (Å²) >= 11 is 0. The summed E-state index contributed by atoms with van der Waals surface area (Å²) in [6.45, 7) is 0.684. The molecule has 0 radical (unpaired) electrons. The molecule has 1 unspecified atom stereocenters. The molecule has 0 aliphatic carbocycles. The van der Waals surface area contributed by atoms with E-state index in [1.807, 2.05) is 0 Å². The highest BCUT2D eigenvalue weighted by atomic mass is 16.5. The first-order valence-corrected chi connectivity index (χ1v) is 5.28. The van der Waals surface area contributed by atoms with Gasteiger partial charge >= 0.3 is 5.97 Å². The van der Waals surface area contributed by atoms with Crippen LogP contribution >= 0.6 is 0 Å². The molecule has 0 spiro atoms. The molecule has 0 aromatic carbocycles. The van der Waals surface area contributed by atoms with Crippen molar-refractivity contribution in [2.24, 2.45) is 0 Å². The van der Waals surface area contributed by atoms with E-state index in [4.69, 9.17) is 9.84 Å². The Morgan fingerprint density at radius 2 is 2.41 bits per heavy atom. The number of aromatic carboxylic acids is 1. The minimum Gasteiger partial charge on any atom is -0.478 e. The van der Waals surface area contributed by atoms with E-state index in [-0.39, 0.29) is 17.5 Å². The first-order valence-electron chi connectivity index (χ1n) is 5.28. The van der Waals surface area contributed by atoms with E-state index in [9.17, 15) is 9.59 Å². The van der Waals surface area contributed by atoms with E-state index in [0.29, 0.717) is 18.7 Å². The maximum atomic E-state index is 10.9. The number of aromatic nitrogens is 1. The molecular formula is C11H12N2O4. The standard InChI is InChI=1S/C11H12N2O4/c14-6-12-10-7(11(15)16)3-4-8(13-10)9-2-1-5-17-9/h3-4,6,9H,1-2,5H2,(H,15,16)(H,12,13,14). The molecule has 1 amide bonds. The van der Waals surface area contributed by atoms with Crippen LogP contribution in [0.2, 0.25) is 0 Å². The molecule has 1 saturated heterocycles. The number of carboxylic acid groups (broad SMARTS) is 1. The van der Waals surface area contributed by atoms with Crippen LogP contribution in [0.5, 0.6) is 0 Å². The minimum absolute atomic E-state index is 0.0288. The van der Waals surface area contributed by atoms with Gasteiger partial charge in [-0.3, -0.25) is 4.79 Å². The number of pyridine rings is 1. The molecule has 1 aliphatic heterocycles. The number of carbonyl (C=O) groups excluding carboxylic acids is 1. The summed E-state index contributed by atoms with van der Waals surface area (Å²) in [6.07, 6.45) is 2.13. The van der Waals surface area contributed by atoms with Crippen molar-refractivity contribution in [3.05, 3.63) is 23.4 Å². The molecule has 2 heterocycles. The van der Waals surface area contributed by atoms with E-state index in [0.717, 1.165) is 12.8 Å². The van der Waals surface area contributed by atoms with Crippen molar-refractivity contribution in [3.8, 4) is 0 Å². The van der Waals surface area contributed by atoms with Crippen LogP contribution in [0.25, 0.3) is 0 Å². The van der Waals surface area contributed by atoms with Crippen molar-refractivity contribution >= 4 is 18.2 Å². The summed E-state index contributed by atoms with van der Waals surface area (Å²) in [7, 11) is 0.